The van der Waals surface area contributed by atoms with Crippen molar-refractivity contribution in [2.24, 2.45) is 5.92 Å². The number of hydrogen-bond donors (Lipinski definition) is 0. The smallest absolute Gasteiger partial charge is 0.263 e. The van der Waals surface area contributed by atoms with Crippen LogP contribution in [-0.2, 0) is 4.74 Å². The largest absolute Gasteiger partial charge is 0.385 e. The molecule has 2 heterocycles. The fraction of sp³-hybridized carbons (Fsp3) is 0.615. The van der Waals surface area contributed by atoms with E-state index in [-0.39, 0.29) is 5.91 Å². The lowest BCUT2D eigenvalue weighted by Crippen LogP contribution is -2.38. The molecule has 1 aromatic rings. The highest BCUT2D eigenvalue weighted by molar-refractivity contribution is 7.12. The second kappa shape index (κ2) is 6.17. The molecule has 0 atom stereocenters. The standard InChI is InChI=1S/C13H19NO2S/c1-16-9-6-11-4-7-14(8-5-11)13(15)12-3-2-10-17-12/h2-3,10-11H,4-9H2,1H3. The van der Waals surface area contributed by atoms with Crippen molar-refractivity contribution in [2.75, 3.05) is 26.8 Å². The predicted molar refractivity (Wildman–Crippen MR) is 69.4 cm³/mol. The maximum absolute atomic E-state index is 12.1. The summed E-state index contributed by atoms with van der Waals surface area (Å²) in [4.78, 5) is 14.9. The SMILES string of the molecule is COCCC1CCN(C(=O)c2cccs2)CC1. The van der Waals surface area contributed by atoms with Gasteiger partial charge in [-0.15, -0.1) is 11.3 Å². The van der Waals surface area contributed by atoms with Gasteiger partial charge in [-0.2, -0.15) is 0 Å². The molecular formula is C13H19NO2S. The Morgan fingerprint density at radius 3 is 2.88 bits per heavy atom. The molecule has 1 saturated heterocycles. The van der Waals surface area contributed by atoms with Gasteiger partial charge >= 0.3 is 0 Å². The van der Waals surface area contributed by atoms with Gasteiger partial charge < -0.3 is 9.64 Å². The molecule has 0 bridgehead atoms. The number of amides is 1. The van der Waals surface area contributed by atoms with E-state index < -0.39 is 0 Å². The second-order valence-corrected chi connectivity index (χ2v) is 5.44. The number of nitrogens with zero attached hydrogens (tertiary/aromatic N) is 1. The Bertz CT molecular complexity index is 342. The first-order chi connectivity index (χ1) is 8.31. The van der Waals surface area contributed by atoms with Crippen LogP contribution in [0.25, 0.3) is 0 Å². The van der Waals surface area contributed by atoms with Gasteiger partial charge in [-0.05, 0) is 36.6 Å². The van der Waals surface area contributed by atoms with E-state index in [0.717, 1.165) is 49.8 Å². The minimum Gasteiger partial charge on any atom is -0.385 e. The monoisotopic (exact) mass is 253 g/mol. The van der Waals surface area contributed by atoms with Crippen LogP contribution in [0.1, 0.15) is 28.9 Å². The van der Waals surface area contributed by atoms with Crippen molar-refractivity contribution in [1.29, 1.82) is 0 Å². The van der Waals surface area contributed by atoms with Gasteiger partial charge in [0, 0.05) is 26.8 Å². The highest BCUT2D eigenvalue weighted by Gasteiger charge is 2.23. The molecule has 0 radical (unpaired) electrons. The highest BCUT2D eigenvalue weighted by atomic mass is 32.1. The quantitative estimate of drug-likeness (QED) is 0.825. The van der Waals surface area contributed by atoms with E-state index in [9.17, 15) is 4.79 Å². The van der Waals surface area contributed by atoms with Crippen molar-refractivity contribution in [3.05, 3.63) is 22.4 Å². The molecule has 0 unspecified atom stereocenters. The number of carbonyl (C=O) groups is 1. The van der Waals surface area contributed by atoms with Crippen molar-refractivity contribution >= 4 is 17.2 Å². The molecule has 0 saturated carbocycles. The van der Waals surface area contributed by atoms with Gasteiger partial charge in [0.15, 0.2) is 0 Å². The summed E-state index contributed by atoms with van der Waals surface area (Å²) in [6.45, 7) is 2.62. The fourth-order valence-corrected chi connectivity index (χ4v) is 2.96. The topological polar surface area (TPSA) is 29.5 Å². The van der Waals surface area contributed by atoms with Gasteiger partial charge in [0.25, 0.3) is 5.91 Å². The first-order valence-electron chi connectivity index (χ1n) is 6.13. The predicted octanol–water partition coefficient (Wildman–Crippen LogP) is 2.64. The minimum absolute atomic E-state index is 0.199. The summed E-state index contributed by atoms with van der Waals surface area (Å²) in [7, 11) is 1.75. The molecule has 1 aliphatic rings. The number of ether oxygens (including phenoxy) is 1. The molecule has 94 valence electrons. The van der Waals surface area contributed by atoms with Crippen molar-refractivity contribution < 1.29 is 9.53 Å². The van der Waals surface area contributed by atoms with Crippen LogP contribution in [0.4, 0.5) is 0 Å². The second-order valence-electron chi connectivity index (χ2n) is 4.49. The van der Waals surface area contributed by atoms with Crippen molar-refractivity contribution in [1.82, 2.24) is 4.90 Å². The molecule has 17 heavy (non-hydrogen) atoms. The zero-order chi connectivity index (χ0) is 12.1. The molecule has 1 aliphatic heterocycles. The Balaban J connectivity index is 1.81. The third-order valence-electron chi connectivity index (χ3n) is 3.36. The number of rotatable bonds is 4. The summed E-state index contributed by atoms with van der Waals surface area (Å²) < 4.78 is 5.10. The average molecular weight is 253 g/mol. The lowest BCUT2D eigenvalue weighted by molar-refractivity contribution is 0.0674. The van der Waals surface area contributed by atoms with Gasteiger partial charge in [-0.3, -0.25) is 4.79 Å². The number of thiophene rings is 1. The van der Waals surface area contributed by atoms with E-state index in [1.165, 1.54) is 11.3 Å². The summed E-state index contributed by atoms with van der Waals surface area (Å²) >= 11 is 1.53. The lowest BCUT2D eigenvalue weighted by atomic mass is 9.94. The Hall–Kier alpha value is -0.870. The third kappa shape index (κ3) is 3.30. The summed E-state index contributed by atoms with van der Waals surface area (Å²) in [6, 6.07) is 3.84. The Labute approximate surface area is 106 Å². The van der Waals surface area contributed by atoms with Crippen LogP contribution < -0.4 is 0 Å². The molecule has 1 fully saturated rings. The van der Waals surface area contributed by atoms with E-state index in [4.69, 9.17) is 4.74 Å². The zero-order valence-electron chi connectivity index (χ0n) is 10.2. The fourth-order valence-electron chi connectivity index (χ4n) is 2.27. The van der Waals surface area contributed by atoms with E-state index in [1.807, 2.05) is 22.4 Å². The third-order valence-corrected chi connectivity index (χ3v) is 4.22. The molecule has 2 rings (SSSR count). The molecule has 1 aromatic heterocycles. The van der Waals surface area contributed by atoms with Gasteiger partial charge in [-0.1, -0.05) is 6.07 Å². The van der Waals surface area contributed by atoms with Crippen LogP contribution in [0.2, 0.25) is 0 Å². The summed E-state index contributed by atoms with van der Waals surface area (Å²) in [5.74, 6) is 0.924. The van der Waals surface area contributed by atoms with Crippen LogP contribution >= 0.6 is 11.3 Å². The van der Waals surface area contributed by atoms with E-state index in [1.54, 1.807) is 7.11 Å². The summed E-state index contributed by atoms with van der Waals surface area (Å²) in [6.07, 6.45) is 3.35. The normalized spacial score (nSPS) is 17.4. The number of hydrogen-bond acceptors (Lipinski definition) is 3. The minimum atomic E-state index is 0.199. The first kappa shape index (κ1) is 12.6. The lowest BCUT2D eigenvalue weighted by Gasteiger charge is -2.31. The van der Waals surface area contributed by atoms with Crippen LogP contribution in [0.3, 0.4) is 0 Å². The molecule has 3 nitrogen and oxygen atoms in total. The van der Waals surface area contributed by atoms with Crippen LogP contribution in [0, 0.1) is 5.92 Å². The molecule has 1 amide bonds. The van der Waals surface area contributed by atoms with E-state index in [0.29, 0.717) is 0 Å². The van der Waals surface area contributed by atoms with Crippen molar-refractivity contribution in [3.63, 3.8) is 0 Å². The molecule has 0 spiro atoms. The molecule has 0 N–H and O–H groups in total. The van der Waals surface area contributed by atoms with Crippen molar-refractivity contribution in [3.8, 4) is 0 Å². The van der Waals surface area contributed by atoms with Gasteiger partial charge in [0.2, 0.25) is 0 Å². The Morgan fingerprint density at radius 1 is 1.53 bits per heavy atom. The molecule has 0 aromatic carbocycles. The van der Waals surface area contributed by atoms with Gasteiger partial charge in [-0.25, -0.2) is 0 Å². The van der Waals surface area contributed by atoms with E-state index in [2.05, 4.69) is 0 Å². The maximum atomic E-state index is 12.1. The van der Waals surface area contributed by atoms with Crippen LogP contribution in [-0.4, -0.2) is 37.6 Å². The summed E-state index contributed by atoms with van der Waals surface area (Å²) in [5.41, 5.74) is 0. The number of piperidine rings is 1. The molecular weight excluding hydrogens is 234 g/mol. The first-order valence-corrected chi connectivity index (χ1v) is 7.01. The highest BCUT2D eigenvalue weighted by Crippen LogP contribution is 2.22. The van der Waals surface area contributed by atoms with Gasteiger partial charge in [0.1, 0.15) is 0 Å². The van der Waals surface area contributed by atoms with Crippen LogP contribution in [0.5, 0.6) is 0 Å². The Kier molecular flexibility index (Phi) is 4.57. The Morgan fingerprint density at radius 2 is 2.29 bits per heavy atom. The maximum Gasteiger partial charge on any atom is 0.263 e. The number of carbonyl (C=O) groups excluding carboxylic acids is 1. The van der Waals surface area contributed by atoms with Crippen LogP contribution in [0.15, 0.2) is 17.5 Å². The number of likely N-dealkylation sites (tertiary alicyclic amines) is 1. The van der Waals surface area contributed by atoms with Gasteiger partial charge in [0.05, 0.1) is 4.88 Å². The van der Waals surface area contributed by atoms with E-state index >= 15 is 0 Å². The molecule has 0 aliphatic carbocycles. The summed E-state index contributed by atoms with van der Waals surface area (Å²) in [5, 5.41) is 1.96. The average Bonchev–Trinajstić information content (AvgIpc) is 2.90. The molecule has 4 heteroatoms. The van der Waals surface area contributed by atoms with Crippen molar-refractivity contribution in [2.45, 2.75) is 19.3 Å². The zero-order valence-corrected chi connectivity index (χ0v) is 11.0. The number of methoxy groups -OCH3 is 1.